The normalized spacial score (nSPS) is 18.6. The van der Waals surface area contributed by atoms with Crippen LogP contribution in [0.15, 0.2) is 9.98 Å². The molecule has 0 saturated heterocycles. The third-order valence-corrected chi connectivity index (χ3v) is 4.18. The van der Waals surface area contributed by atoms with Crippen LogP contribution in [0.4, 0.5) is 4.39 Å². The molecular weight excluding hydrogens is 309 g/mol. The molecule has 1 aliphatic heterocycles. The summed E-state index contributed by atoms with van der Waals surface area (Å²) >= 11 is 4.61. The lowest BCUT2D eigenvalue weighted by Crippen LogP contribution is -2.28. The van der Waals surface area contributed by atoms with Gasteiger partial charge in [-0.1, -0.05) is 6.92 Å². The molecule has 1 aliphatic rings. The molecule has 3 nitrogen and oxygen atoms in total. The second-order valence-electron chi connectivity index (χ2n) is 3.79. The number of aromatic nitrogens is 1. The lowest BCUT2D eigenvalue weighted by molar-refractivity contribution is 0.0898. The molecule has 0 spiro atoms. The summed E-state index contributed by atoms with van der Waals surface area (Å²) in [6, 6.07) is 1.35. The summed E-state index contributed by atoms with van der Waals surface area (Å²) in [5.74, 6) is 0.708. The monoisotopic (exact) mass is 317 g/mol. The summed E-state index contributed by atoms with van der Waals surface area (Å²) < 4.78 is 26.5. The molecular formula is C11H9BrFNO2S. The van der Waals surface area contributed by atoms with E-state index in [2.05, 4.69) is 20.9 Å². The molecule has 0 radical (unpaired) electrons. The van der Waals surface area contributed by atoms with Crippen LogP contribution in [0.5, 0.6) is 11.5 Å². The Hall–Kier alpha value is -0.880. The lowest BCUT2D eigenvalue weighted by atomic mass is 10.2. The quantitative estimate of drug-likeness (QED) is 0.802. The Morgan fingerprint density at radius 2 is 2.47 bits per heavy atom. The first-order valence-electron chi connectivity index (χ1n) is 5.27. The predicted molar refractivity (Wildman–Crippen MR) is 67.5 cm³/mol. The number of hydrogen-bond acceptors (Lipinski definition) is 4. The van der Waals surface area contributed by atoms with Crippen molar-refractivity contribution in [2.45, 2.75) is 19.4 Å². The predicted octanol–water partition coefficient (Wildman–Crippen LogP) is 3.75. The molecule has 90 valence electrons. The van der Waals surface area contributed by atoms with Crippen LogP contribution in [0.3, 0.4) is 0 Å². The van der Waals surface area contributed by atoms with E-state index in [4.69, 9.17) is 9.47 Å². The van der Waals surface area contributed by atoms with Gasteiger partial charge in [0.2, 0.25) is 0 Å². The van der Waals surface area contributed by atoms with E-state index in [-0.39, 0.29) is 11.9 Å². The van der Waals surface area contributed by atoms with Crippen molar-refractivity contribution in [2.75, 3.05) is 6.61 Å². The summed E-state index contributed by atoms with van der Waals surface area (Å²) in [4.78, 5) is 4.08. The Morgan fingerprint density at radius 1 is 1.65 bits per heavy atom. The van der Waals surface area contributed by atoms with E-state index in [9.17, 15) is 4.39 Å². The average Bonchev–Trinajstić information content (AvgIpc) is 2.71. The Morgan fingerprint density at radius 3 is 3.24 bits per heavy atom. The van der Waals surface area contributed by atoms with Gasteiger partial charge in [0.25, 0.3) is 0 Å². The minimum Gasteiger partial charge on any atom is -0.484 e. The maximum Gasteiger partial charge on any atom is 0.181 e. The van der Waals surface area contributed by atoms with Crippen LogP contribution in [-0.2, 0) is 0 Å². The van der Waals surface area contributed by atoms with Gasteiger partial charge in [0.05, 0.1) is 0 Å². The number of hydrogen-bond donors (Lipinski definition) is 0. The van der Waals surface area contributed by atoms with Crippen molar-refractivity contribution < 1.29 is 13.9 Å². The van der Waals surface area contributed by atoms with Crippen LogP contribution in [0, 0.1) is 5.82 Å². The second kappa shape index (κ2) is 4.10. The summed E-state index contributed by atoms with van der Waals surface area (Å²) in [6.45, 7) is 2.51. The van der Waals surface area contributed by atoms with E-state index >= 15 is 0 Å². The van der Waals surface area contributed by atoms with Crippen molar-refractivity contribution >= 4 is 37.5 Å². The van der Waals surface area contributed by atoms with Crippen molar-refractivity contribution in [3.8, 4) is 11.5 Å². The molecule has 0 bridgehead atoms. The van der Waals surface area contributed by atoms with E-state index < -0.39 is 0 Å². The first-order chi connectivity index (χ1) is 8.19. The van der Waals surface area contributed by atoms with E-state index in [1.807, 2.05) is 6.92 Å². The first-order valence-corrected chi connectivity index (χ1v) is 6.88. The van der Waals surface area contributed by atoms with Crippen molar-refractivity contribution in [3.05, 3.63) is 15.8 Å². The zero-order valence-corrected chi connectivity index (χ0v) is 11.4. The number of thiazole rings is 1. The van der Waals surface area contributed by atoms with Crippen LogP contribution in [0.1, 0.15) is 13.3 Å². The summed E-state index contributed by atoms with van der Waals surface area (Å²) in [5.41, 5.74) is 0.333. The summed E-state index contributed by atoms with van der Waals surface area (Å²) in [6.07, 6.45) is 0.835. The van der Waals surface area contributed by atoms with Crippen LogP contribution in [-0.4, -0.2) is 17.7 Å². The third-order valence-electron chi connectivity index (χ3n) is 2.68. The number of nitrogens with zero attached hydrogens (tertiary/aromatic N) is 1. The van der Waals surface area contributed by atoms with Gasteiger partial charge < -0.3 is 9.47 Å². The van der Waals surface area contributed by atoms with Crippen molar-refractivity contribution in [1.29, 1.82) is 0 Å². The number of halogens is 2. The zero-order valence-electron chi connectivity index (χ0n) is 9.00. The van der Waals surface area contributed by atoms with Gasteiger partial charge in [-0.25, -0.2) is 9.37 Å². The highest BCUT2D eigenvalue weighted by atomic mass is 79.9. The van der Waals surface area contributed by atoms with Gasteiger partial charge in [-0.05, 0) is 22.4 Å². The molecule has 0 amide bonds. The molecule has 0 fully saturated rings. The van der Waals surface area contributed by atoms with E-state index in [0.717, 1.165) is 6.42 Å². The highest BCUT2D eigenvalue weighted by Crippen LogP contribution is 2.44. The standard InChI is InChI=1S/C11H9BrFNO2S/c1-2-5-4-15-9-7(16-5)3-6(13)8-10(9)17-11(12)14-8/h3,5H,2,4H2,1H3. The van der Waals surface area contributed by atoms with Crippen molar-refractivity contribution in [3.63, 3.8) is 0 Å². The molecule has 1 aromatic heterocycles. The van der Waals surface area contributed by atoms with Crippen LogP contribution >= 0.6 is 27.3 Å². The molecule has 0 saturated carbocycles. The SMILES string of the molecule is CCC1COc2c(cc(F)c3nc(Br)sc23)O1. The molecule has 17 heavy (non-hydrogen) atoms. The molecule has 2 heterocycles. The van der Waals surface area contributed by atoms with Gasteiger partial charge in [0.1, 0.15) is 22.9 Å². The second-order valence-corrected chi connectivity index (χ2v) is 6.06. The van der Waals surface area contributed by atoms with Crippen LogP contribution < -0.4 is 9.47 Å². The smallest absolute Gasteiger partial charge is 0.181 e. The molecule has 0 N–H and O–H groups in total. The van der Waals surface area contributed by atoms with E-state index in [1.165, 1.54) is 17.4 Å². The average molecular weight is 318 g/mol. The first kappa shape index (κ1) is 11.2. The maximum atomic E-state index is 13.8. The Labute approximate surface area is 110 Å². The topological polar surface area (TPSA) is 31.4 Å². The largest absolute Gasteiger partial charge is 0.484 e. The summed E-state index contributed by atoms with van der Waals surface area (Å²) in [5, 5.41) is 0. The van der Waals surface area contributed by atoms with Crippen molar-refractivity contribution in [2.24, 2.45) is 0 Å². The van der Waals surface area contributed by atoms with Gasteiger partial charge in [0.15, 0.2) is 21.2 Å². The number of fused-ring (bicyclic) bond motifs is 3. The molecule has 1 aromatic carbocycles. The van der Waals surface area contributed by atoms with Gasteiger partial charge >= 0.3 is 0 Å². The van der Waals surface area contributed by atoms with E-state index in [0.29, 0.717) is 32.2 Å². The number of ether oxygens (including phenoxy) is 2. The van der Waals surface area contributed by atoms with E-state index in [1.54, 1.807) is 0 Å². The molecule has 0 aliphatic carbocycles. The zero-order chi connectivity index (χ0) is 12.0. The Kier molecular flexibility index (Phi) is 2.71. The fraction of sp³-hybridized carbons (Fsp3) is 0.364. The van der Waals surface area contributed by atoms with Gasteiger partial charge in [-0.3, -0.25) is 0 Å². The number of rotatable bonds is 1. The highest BCUT2D eigenvalue weighted by molar-refractivity contribution is 9.11. The Balaban J connectivity index is 2.20. The van der Waals surface area contributed by atoms with Gasteiger partial charge in [-0.2, -0.15) is 0 Å². The molecule has 3 rings (SSSR count). The van der Waals surface area contributed by atoms with Crippen LogP contribution in [0.2, 0.25) is 0 Å². The van der Waals surface area contributed by atoms with Gasteiger partial charge in [-0.15, -0.1) is 11.3 Å². The lowest BCUT2D eigenvalue weighted by Gasteiger charge is -2.25. The number of benzene rings is 1. The minimum atomic E-state index is -0.374. The van der Waals surface area contributed by atoms with Gasteiger partial charge in [0, 0.05) is 6.07 Å². The molecule has 2 aromatic rings. The fourth-order valence-corrected chi connectivity index (χ4v) is 3.25. The molecule has 6 heteroatoms. The summed E-state index contributed by atoms with van der Waals surface area (Å²) in [7, 11) is 0. The molecule has 1 atom stereocenters. The highest BCUT2D eigenvalue weighted by Gasteiger charge is 2.25. The Bertz CT molecular complexity index is 586. The molecule has 1 unspecified atom stereocenters. The maximum absolute atomic E-state index is 13.8. The van der Waals surface area contributed by atoms with Crippen LogP contribution in [0.25, 0.3) is 10.2 Å². The fourth-order valence-electron chi connectivity index (χ4n) is 1.79. The third kappa shape index (κ3) is 1.79. The minimum absolute atomic E-state index is 0.00397. The van der Waals surface area contributed by atoms with Crippen molar-refractivity contribution in [1.82, 2.24) is 4.98 Å².